The summed E-state index contributed by atoms with van der Waals surface area (Å²) in [7, 11) is 1.77. The van der Waals surface area contributed by atoms with Crippen molar-refractivity contribution in [2.24, 2.45) is 40.9 Å². The number of aliphatic carboxylic acids is 1. The van der Waals surface area contributed by atoms with Gasteiger partial charge in [0.15, 0.2) is 12.3 Å². The monoisotopic (exact) mass is 1310 g/mol. The Bertz CT molecular complexity index is 3760. The van der Waals surface area contributed by atoms with Crippen LogP contribution in [0.3, 0.4) is 0 Å². The van der Waals surface area contributed by atoms with Crippen LogP contribution in [0.5, 0.6) is 11.5 Å². The lowest BCUT2D eigenvalue weighted by atomic mass is 10.0. The second kappa shape index (κ2) is 31.1. The first-order valence-corrected chi connectivity index (χ1v) is 32.1. The molecule has 3 aliphatic heterocycles. The number of anilines is 4. The van der Waals surface area contributed by atoms with E-state index in [1.807, 2.05) is 60.7 Å². The van der Waals surface area contributed by atoms with Crippen molar-refractivity contribution < 1.29 is 71.5 Å². The van der Waals surface area contributed by atoms with Crippen molar-refractivity contribution in [2.75, 3.05) is 80.4 Å². The van der Waals surface area contributed by atoms with Gasteiger partial charge in [0, 0.05) is 111 Å². The summed E-state index contributed by atoms with van der Waals surface area (Å²) in [5, 5.41) is 35.6. The van der Waals surface area contributed by atoms with Crippen molar-refractivity contribution in [3.05, 3.63) is 144 Å². The lowest BCUT2D eigenvalue weighted by molar-refractivity contribution is -0.162. The van der Waals surface area contributed by atoms with Gasteiger partial charge in [-0.15, -0.1) is 0 Å². The van der Waals surface area contributed by atoms with Gasteiger partial charge in [0.25, 0.3) is 0 Å². The zero-order chi connectivity index (χ0) is 67.5. The predicted octanol–water partition coefficient (Wildman–Crippen LogP) is 7.94. The maximum absolute atomic E-state index is 14.6. The molecule has 504 valence electrons. The summed E-state index contributed by atoms with van der Waals surface area (Å²) in [5.74, 6) is -5.71. The minimum Gasteiger partial charge on any atom is -0.487 e. The van der Waals surface area contributed by atoms with Gasteiger partial charge in [-0.2, -0.15) is 0 Å². The van der Waals surface area contributed by atoms with Crippen LogP contribution in [-0.2, 0) is 53.1 Å². The third-order valence-electron chi connectivity index (χ3n) is 17.9. The summed E-state index contributed by atoms with van der Waals surface area (Å²) in [5.41, 5.74) is 29.1. The smallest absolute Gasteiger partial charge is 0.307 e. The maximum Gasteiger partial charge on any atom is 0.307 e. The topological polar surface area (TPSA) is 315 Å². The average Bonchev–Trinajstić information content (AvgIpc) is 1.62. The molecule has 12 rings (SSSR count). The number of amides is 5. The minimum atomic E-state index is -3.26. The van der Waals surface area contributed by atoms with Crippen molar-refractivity contribution in [1.29, 1.82) is 0 Å². The second-order valence-corrected chi connectivity index (χ2v) is 24.8. The van der Waals surface area contributed by atoms with Crippen molar-refractivity contribution in [1.82, 2.24) is 9.80 Å². The number of benzene rings is 6. The highest BCUT2D eigenvalue weighted by Crippen LogP contribution is 2.41. The van der Waals surface area contributed by atoms with Crippen LogP contribution in [-0.4, -0.2) is 151 Å². The molecule has 3 saturated heterocycles. The first kappa shape index (κ1) is 68.9. The molecule has 24 heteroatoms. The van der Waals surface area contributed by atoms with E-state index in [4.69, 9.17) is 46.7 Å². The Morgan fingerprint density at radius 2 is 1.02 bits per heavy atom. The molecule has 6 aliphatic rings. The summed E-state index contributed by atoms with van der Waals surface area (Å²) >= 11 is 0. The highest BCUT2D eigenvalue weighted by atomic mass is 19.3. The van der Waals surface area contributed by atoms with E-state index in [0.717, 1.165) is 94.7 Å². The highest BCUT2D eigenvalue weighted by Gasteiger charge is 2.49. The summed E-state index contributed by atoms with van der Waals surface area (Å²) in [6, 6.07) is 39.6. The zero-order valence-electron chi connectivity index (χ0n) is 52.9. The highest BCUT2D eigenvalue weighted by molar-refractivity contribution is 5.99. The number of ether oxygens (including phenoxy) is 3. The summed E-state index contributed by atoms with van der Waals surface area (Å²) < 4.78 is 61.0. The number of carboxylic acid groups (broad SMARTS) is 1. The molecule has 6 aromatic carbocycles. The van der Waals surface area contributed by atoms with Crippen LogP contribution in [0, 0.1) is 23.7 Å². The molecular weight excluding hydrogens is 1230 g/mol. The number of carboxylic acids is 1. The molecule has 0 bridgehead atoms. The number of hydrogen-bond donors (Lipinski definition) is 9. The van der Waals surface area contributed by atoms with Gasteiger partial charge in [-0.1, -0.05) is 54.6 Å². The molecule has 12 N–H and O–H groups in total. The summed E-state index contributed by atoms with van der Waals surface area (Å²) in [6.45, 7) is 0.651. The van der Waals surface area contributed by atoms with Crippen LogP contribution in [0.1, 0.15) is 68.1 Å². The van der Waals surface area contributed by atoms with E-state index in [1.54, 1.807) is 49.6 Å². The van der Waals surface area contributed by atoms with E-state index in [9.17, 15) is 41.9 Å². The number of nitrogens with two attached hydrogens (primary N) is 3. The predicted molar refractivity (Wildman–Crippen MR) is 353 cm³/mol. The lowest BCUT2D eigenvalue weighted by Gasteiger charge is -2.38. The minimum absolute atomic E-state index is 0.0196. The quantitative estimate of drug-likeness (QED) is 0.0330. The molecule has 0 spiro atoms. The molecule has 3 aliphatic carbocycles. The van der Waals surface area contributed by atoms with Crippen LogP contribution < -0.4 is 47.5 Å². The molecule has 3 heterocycles. The van der Waals surface area contributed by atoms with Gasteiger partial charge in [-0.25, -0.2) is 13.2 Å². The molecule has 5 amide bonds. The lowest BCUT2D eigenvalue weighted by Crippen LogP contribution is -2.55. The number of alkyl halides is 3. The molecule has 6 atom stereocenters. The number of likely N-dealkylation sites (tertiary alicyclic amines) is 2. The second-order valence-electron chi connectivity index (χ2n) is 24.8. The Balaban J connectivity index is 0.000000156. The van der Waals surface area contributed by atoms with E-state index in [1.165, 1.54) is 10.6 Å². The number of hydrogen-bond acceptors (Lipinski definition) is 15. The van der Waals surface area contributed by atoms with E-state index >= 15 is 0 Å². The number of carbonyl (C=O) groups excluding carboxylic acids is 5. The molecule has 21 nitrogen and oxygen atoms in total. The number of nitrogens with zero attached hydrogens (tertiary/aromatic N) is 3. The number of aliphatic hydroxyl groups excluding tert-OH is 2. The standard InChI is InChI=1S/C25H28FN3O6.C24H27F2N3O4.C22H27N3O2/c26-20-12-29(23(31)13-30)7-6-22(20)35-21-5-4-15(8-16(21)11-27)14-2-1-3-17(9-14)28-24(32)18-10-19(18)25(33)34;25-24(26)14-29(22(31)13-30)9-8-21(24)33-20-7-6-17(10-18(20)12-27)16-2-1-3-19(11-16)28-23(32)15-4-5-15;1-27-20-9-10-25(14-20)21-8-7-17(11-18(21)13-23)16-3-2-4-19(12-16)24-22(26)15-5-6-15/h1-5,8-9,18-20,22,30H,6-7,10-13,27H2,(H,28,32)(H,33,34);1-3,6-7,10-11,15,21,30H,4-5,8-9,12-14,27H2,(H,28,32);2-4,7-8,11-12,15,20H,5-6,9-10,13-14,23H2,1H3,(H,24,26)/t18-,19-,20-,22+;21-;20-/m101/s1. The normalized spacial score (nSPS) is 21.0. The molecule has 0 aromatic heterocycles. The van der Waals surface area contributed by atoms with Crippen LogP contribution in [0.2, 0.25) is 0 Å². The number of aliphatic hydroxyl groups is 2. The SMILES string of the molecule is CO[C@@H]1CCN(c2ccc(-c3cccc(NC(=O)C4CC4)c3)cc2CN)C1.NCc1cc(-c2cccc(NC(=O)C3CC3)c2)ccc1O[C@H]1CCN(C(=O)CO)CC1(F)F.NCc1cc(-c2cccc(NC(=O)[C@@H]3C[C@H]3C(=O)O)c2)ccc1O[C@H]1CCN(C(=O)CO)C[C@H]1F. The Labute approximate surface area is 549 Å². The van der Waals surface area contributed by atoms with Crippen LogP contribution in [0.4, 0.5) is 35.9 Å². The first-order chi connectivity index (χ1) is 45.8. The summed E-state index contributed by atoms with van der Waals surface area (Å²) in [4.78, 5) is 75.2. The van der Waals surface area contributed by atoms with E-state index in [2.05, 4.69) is 45.1 Å². The number of nitrogens with one attached hydrogen (secondary N) is 3. The fourth-order valence-electron chi connectivity index (χ4n) is 12.0. The van der Waals surface area contributed by atoms with Gasteiger partial charge in [-0.3, -0.25) is 28.8 Å². The molecule has 3 saturated carbocycles. The number of carbonyl (C=O) groups is 6. The summed E-state index contributed by atoms with van der Waals surface area (Å²) in [6.07, 6.45) is 2.24. The molecule has 6 fully saturated rings. The van der Waals surface area contributed by atoms with Crippen LogP contribution >= 0.6 is 0 Å². The fourth-order valence-corrected chi connectivity index (χ4v) is 12.0. The Kier molecular flexibility index (Phi) is 22.6. The third kappa shape index (κ3) is 17.7. The number of methoxy groups -OCH3 is 1. The number of piperidine rings is 2. The zero-order valence-corrected chi connectivity index (χ0v) is 52.9. The number of rotatable bonds is 21. The van der Waals surface area contributed by atoms with Gasteiger partial charge in [0.1, 0.15) is 30.8 Å². The van der Waals surface area contributed by atoms with Crippen molar-refractivity contribution in [3.8, 4) is 44.9 Å². The van der Waals surface area contributed by atoms with Gasteiger partial charge in [0.05, 0.1) is 31.0 Å². The van der Waals surface area contributed by atoms with Gasteiger partial charge in [0.2, 0.25) is 29.5 Å². The van der Waals surface area contributed by atoms with E-state index < -0.39 is 73.7 Å². The molecule has 0 unspecified atom stereocenters. The maximum atomic E-state index is 14.6. The average molecular weight is 1310 g/mol. The molecule has 95 heavy (non-hydrogen) atoms. The third-order valence-corrected chi connectivity index (χ3v) is 17.9. The molecular formula is C71H82F3N9O12. The Morgan fingerprint density at radius 3 is 1.47 bits per heavy atom. The molecule has 0 radical (unpaired) electrons. The van der Waals surface area contributed by atoms with E-state index in [0.29, 0.717) is 60.3 Å². The van der Waals surface area contributed by atoms with Gasteiger partial charge < -0.3 is 77.4 Å². The number of halogens is 3. The van der Waals surface area contributed by atoms with E-state index in [-0.39, 0.29) is 67.9 Å². The van der Waals surface area contributed by atoms with Crippen LogP contribution in [0.15, 0.2) is 127 Å². The Hall–Kier alpha value is -8.91. The molecule has 6 aromatic rings. The Morgan fingerprint density at radius 1 is 0.547 bits per heavy atom. The fraction of sp³-hybridized carbons (Fsp3) is 0.408. The van der Waals surface area contributed by atoms with Gasteiger partial charge >= 0.3 is 11.9 Å². The van der Waals surface area contributed by atoms with Crippen LogP contribution in [0.25, 0.3) is 33.4 Å². The van der Waals surface area contributed by atoms with Gasteiger partial charge in [-0.05, 0) is 150 Å². The first-order valence-electron chi connectivity index (χ1n) is 32.1. The van der Waals surface area contributed by atoms with Crippen molar-refractivity contribution >= 4 is 58.3 Å². The van der Waals surface area contributed by atoms with Crippen molar-refractivity contribution in [3.63, 3.8) is 0 Å². The van der Waals surface area contributed by atoms with Crippen molar-refractivity contribution in [2.45, 2.75) is 101 Å². The largest absolute Gasteiger partial charge is 0.487 e.